The van der Waals surface area contributed by atoms with Crippen LogP contribution in [0.4, 0.5) is 0 Å². The van der Waals surface area contributed by atoms with Gasteiger partial charge in [0.15, 0.2) is 0 Å². The Morgan fingerprint density at radius 1 is 1.04 bits per heavy atom. The number of hydrogen-bond donors (Lipinski definition) is 0. The number of rotatable bonds is 10. The molecule has 2 aromatic rings. The van der Waals surface area contributed by atoms with Crippen LogP contribution in [0.5, 0.6) is 5.75 Å². The smallest absolute Gasteiger partial charge is 0.314 e. The second-order valence-electron chi connectivity index (χ2n) is 6.68. The van der Waals surface area contributed by atoms with Crippen LogP contribution >= 0.6 is 0 Å². The largest absolute Gasteiger partial charge is 0.489 e. The van der Waals surface area contributed by atoms with Crippen molar-refractivity contribution in [2.45, 2.75) is 32.3 Å². The summed E-state index contributed by atoms with van der Waals surface area (Å²) in [5.74, 6) is 0.343. The minimum atomic E-state index is -0.287. The van der Waals surface area contributed by atoms with Gasteiger partial charge in [-0.1, -0.05) is 55.8 Å². The number of benzene rings is 2. The fraction of sp³-hybridized carbons (Fsp3) is 0.409. The molecule has 1 unspecified atom stereocenters. The number of likely N-dealkylation sites (N-methyl/N-ethyl adjacent to an activating group) is 1. The normalized spacial score (nSPS) is 12.0. The van der Waals surface area contributed by atoms with Gasteiger partial charge in [-0.3, -0.25) is 4.79 Å². The highest BCUT2D eigenvalue weighted by Gasteiger charge is 2.23. The Balaban J connectivity index is 2.00. The lowest BCUT2D eigenvalue weighted by Gasteiger charge is -2.20. The maximum Gasteiger partial charge on any atom is 0.314 e. The summed E-state index contributed by atoms with van der Waals surface area (Å²) in [7, 11) is 3.92. The van der Waals surface area contributed by atoms with Gasteiger partial charge in [-0.2, -0.15) is 0 Å². The van der Waals surface area contributed by atoms with Crippen molar-refractivity contribution in [2.24, 2.45) is 0 Å². The van der Waals surface area contributed by atoms with E-state index in [4.69, 9.17) is 9.47 Å². The maximum absolute atomic E-state index is 12.5. The first kappa shape index (κ1) is 20.0. The number of hydrogen-bond acceptors (Lipinski definition) is 4. The third-order valence-corrected chi connectivity index (χ3v) is 4.11. The summed E-state index contributed by atoms with van der Waals surface area (Å²) in [6.07, 6.45) is 1.91. The van der Waals surface area contributed by atoms with E-state index in [1.807, 2.05) is 73.6 Å². The minimum Gasteiger partial charge on any atom is -0.489 e. The van der Waals surface area contributed by atoms with Gasteiger partial charge in [0, 0.05) is 6.54 Å². The van der Waals surface area contributed by atoms with Crippen LogP contribution < -0.4 is 4.74 Å². The van der Waals surface area contributed by atoms with Crippen molar-refractivity contribution in [3.05, 3.63) is 65.7 Å². The number of ether oxygens (including phenoxy) is 2. The van der Waals surface area contributed by atoms with Crippen molar-refractivity contribution < 1.29 is 14.3 Å². The lowest BCUT2D eigenvalue weighted by Crippen LogP contribution is -2.28. The van der Waals surface area contributed by atoms with Crippen molar-refractivity contribution in [3.8, 4) is 5.75 Å². The van der Waals surface area contributed by atoms with Crippen LogP contribution in [-0.4, -0.2) is 38.1 Å². The van der Waals surface area contributed by atoms with Crippen LogP contribution in [0.25, 0.3) is 0 Å². The van der Waals surface area contributed by atoms with E-state index in [1.165, 1.54) is 0 Å². The van der Waals surface area contributed by atoms with Crippen molar-refractivity contribution >= 4 is 5.97 Å². The second kappa shape index (κ2) is 10.6. The van der Waals surface area contributed by atoms with Gasteiger partial charge < -0.3 is 14.4 Å². The van der Waals surface area contributed by atoms with E-state index in [0.29, 0.717) is 19.8 Å². The molecule has 0 saturated carbocycles. The van der Waals surface area contributed by atoms with Crippen LogP contribution in [0.3, 0.4) is 0 Å². The van der Waals surface area contributed by atoms with E-state index in [1.54, 1.807) is 0 Å². The highest BCUT2D eigenvalue weighted by Crippen LogP contribution is 2.22. The quantitative estimate of drug-likeness (QED) is 0.472. The SMILES string of the molecule is CCCCOC(=O)C(CN(C)C)c1ccc(OCc2ccccc2)cc1. The Labute approximate surface area is 156 Å². The molecule has 0 aliphatic rings. The Hall–Kier alpha value is -2.33. The number of carbonyl (C=O) groups excluding carboxylic acids is 1. The van der Waals surface area contributed by atoms with E-state index in [0.717, 1.165) is 29.7 Å². The van der Waals surface area contributed by atoms with E-state index in [9.17, 15) is 4.79 Å². The van der Waals surface area contributed by atoms with Gasteiger partial charge in [-0.15, -0.1) is 0 Å². The molecule has 2 aromatic carbocycles. The predicted molar refractivity (Wildman–Crippen MR) is 104 cm³/mol. The van der Waals surface area contributed by atoms with Crippen molar-refractivity contribution in [1.82, 2.24) is 4.90 Å². The molecule has 0 spiro atoms. The van der Waals surface area contributed by atoms with Gasteiger partial charge in [0.05, 0.1) is 12.5 Å². The lowest BCUT2D eigenvalue weighted by atomic mass is 9.98. The van der Waals surface area contributed by atoms with Crippen LogP contribution in [0.2, 0.25) is 0 Å². The molecule has 0 N–H and O–H groups in total. The molecule has 0 bridgehead atoms. The van der Waals surface area contributed by atoms with Gasteiger partial charge in [-0.25, -0.2) is 0 Å². The predicted octanol–water partition coefficient (Wildman–Crippen LogP) is 4.25. The monoisotopic (exact) mass is 355 g/mol. The molecule has 0 aromatic heterocycles. The molecule has 0 saturated heterocycles. The number of carbonyl (C=O) groups is 1. The third-order valence-electron chi connectivity index (χ3n) is 4.11. The molecule has 1 atom stereocenters. The summed E-state index contributed by atoms with van der Waals surface area (Å²) < 4.78 is 11.3. The Bertz CT molecular complexity index is 653. The first-order chi connectivity index (χ1) is 12.6. The van der Waals surface area contributed by atoms with E-state index < -0.39 is 0 Å². The molecule has 140 valence electrons. The van der Waals surface area contributed by atoms with Crippen LogP contribution in [0, 0.1) is 0 Å². The van der Waals surface area contributed by atoms with E-state index >= 15 is 0 Å². The number of nitrogens with zero attached hydrogens (tertiary/aromatic N) is 1. The zero-order valence-corrected chi connectivity index (χ0v) is 16.0. The van der Waals surface area contributed by atoms with Gasteiger partial charge >= 0.3 is 5.97 Å². The van der Waals surface area contributed by atoms with Crippen LogP contribution in [0.15, 0.2) is 54.6 Å². The zero-order chi connectivity index (χ0) is 18.8. The molecule has 0 amide bonds. The van der Waals surface area contributed by atoms with Gasteiger partial charge in [0.25, 0.3) is 0 Å². The summed E-state index contributed by atoms with van der Waals surface area (Å²) in [5, 5.41) is 0. The fourth-order valence-corrected chi connectivity index (χ4v) is 2.64. The molecule has 2 rings (SSSR count). The standard InChI is InChI=1S/C22H29NO3/c1-4-5-15-25-22(24)21(16-23(2)3)19-11-13-20(14-12-19)26-17-18-9-7-6-8-10-18/h6-14,21H,4-5,15-17H2,1-3H3. The lowest BCUT2D eigenvalue weighted by molar-refractivity contribution is -0.146. The van der Waals surface area contributed by atoms with Crippen LogP contribution in [0.1, 0.15) is 36.8 Å². The maximum atomic E-state index is 12.5. The summed E-state index contributed by atoms with van der Waals surface area (Å²) in [6, 6.07) is 17.8. The first-order valence-electron chi connectivity index (χ1n) is 9.18. The van der Waals surface area contributed by atoms with Crippen molar-refractivity contribution in [2.75, 3.05) is 27.2 Å². The van der Waals surface area contributed by atoms with Crippen LogP contribution in [-0.2, 0) is 16.1 Å². The molecule has 0 heterocycles. The average molecular weight is 355 g/mol. The molecule has 0 radical (unpaired) electrons. The van der Waals surface area contributed by atoms with Crippen molar-refractivity contribution in [3.63, 3.8) is 0 Å². The van der Waals surface area contributed by atoms with Gasteiger partial charge in [-0.05, 0) is 43.8 Å². The van der Waals surface area contributed by atoms with Crippen molar-refractivity contribution in [1.29, 1.82) is 0 Å². The van der Waals surface area contributed by atoms with Gasteiger partial charge in [0.2, 0.25) is 0 Å². The molecular weight excluding hydrogens is 326 g/mol. The number of unbranched alkanes of at least 4 members (excludes halogenated alkanes) is 1. The summed E-state index contributed by atoms with van der Waals surface area (Å²) in [6.45, 7) is 3.71. The summed E-state index contributed by atoms with van der Waals surface area (Å²) >= 11 is 0. The third kappa shape index (κ3) is 6.52. The zero-order valence-electron chi connectivity index (χ0n) is 16.0. The second-order valence-corrected chi connectivity index (χ2v) is 6.68. The van der Waals surface area contributed by atoms with E-state index in [2.05, 4.69) is 6.92 Å². The Kier molecular flexibility index (Phi) is 8.16. The molecule has 26 heavy (non-hydrogen) atoms. The van der Waals surface area contributed by atoms with Gasteiger partial charge in [0.1, 0.15) is 12.4 Å². The number of esters is 1. The summed E-state index contributed by atoms with van der Waals surface area (Å²) in [5.41, 5.74) is 2.08. The topological polar surface area (TPSA) is 38.8 Å². The fourth-order valence-electron chi connectivity index (χ4n) is 2.64. The molecule has 4 nitrogen and oxygen atoms in total. The molecule has 0 aliphatic heterocycles. The highest BCUT2D eigenvalue weighted by atomic mass is 16.5. The Morgan fingerprint density at radius 3 is 2.35 bits per heavy atom. The molecule has 0 aliphatic carbocycles. The highest BCUT2D eigenvalue weighted by molar-refractivity contribution is 5.78. The molecule has 0 fully saturated rings. The molecular formula is C22H29NO3. The summed E-state index contributed by atoms with van der Waals surface area (Å²) in [4.78, 5) is 14.5. The molecule has 4 heteroatoms. The Morgan fingerprint density at radius 2 is 1.73 bits per heavy atom. The average Bonchev–Trinajstić information content (AvgIpc) is 2.66. The first-order valence-corrected chi connectivity index (χ1v) is 9.18. The van der Waals surface area contributed by atoms with E-state index in [-0.39, 0.29) is 11.9 Å². The minimum absolute atomic E-state index is 0.162.